The Hall–Kier alpha value is -0.900. The van der Waals surface area contributed by atoms with Gasteiger partial charge in [0.05, 0.1) is 5.92 Å². The molecule has 96 valence electrons. The standard InChI is InChI=1S/C13H23N3O/c1-9(10(2)14)13-15-12(16-17-13)11-7-5-3-4-6-8-11/h9-11H,3-8,14H2,1-2H3. The molecule has 2 N–H and O–H groups in total. The van der Waals surface area contributed by atoms with Gasteiger partial charge in [-0.3, -0.25) is 0 Å². The molecule has 4 nitrogen and oxygen atoms in total. The maximum Gasteiger partial charge on any atom is 0.231 e. The highest BCUT2D eigenvalue weighted by atomic mass is 16.5. The van der Waals surface area contributed by atoms with Gasteiger partial charge in [0.2, 0.25) is 5.89 Å². The molecule has 0 aliphatic heterocycles. The minimum absolute atomic E-state index is 0.0532. The highest BCUT2D eigenvalue weighted by Crippen LogP contribution is 2.30. The summed E-state index contributed by atoms with van der Waals surface area (Å²) in [6.45, 7) is 4.01. The Morgan fingerprint density at radius 2 is 1.82 bits per heavy atom. The third kappa shape index (κ3) is 3.06. The van der Waals surface area contributed by atoms with Crippen molar-refractivity contribution in [1.29, 1.82) is 0 Å². The number of hydrogen-bond acceptors (Lipinski definition) is 4. The molecule has 0 amide bonds. The number of rotatable bonds is 3. The number of hydrogen-bond donors (Lipinski definition) is 1. The van der Waals surface area contributed by atoms with Crippen LogP contribution in [0.4, 0.5) is 0 Å². The third-order valence-electron chi connectivity index (χ3n) is 3.86. The molecule has 1 heterocycles. The minimum Gasteiger partial charge on any atom is -0.339 e. The topological polar surface area (TPSA) is 64.9 Å². The highest BCUT2D eigenvalue weighted by molar-refractivity contribution is 5.00. The summed E-state index contributed by atoms with van der Waals surface area (Å²) in [4.78, 5) is 4.54. The third-order valence-corrected chi connectivity index (χ3v) is 3.86. The molecule has 1 aromatic heterocycles. The molecule has 4 heteroatoms. The highest BCUT2D eigenvalue weighted by Gasteiger charge is 2.23. The summed E-state index contributed by atoms with van der Waals surface area (Å²) in [5, 5.41) is 4.14. The normalized spacial score (nSPS) is 22.1. The fraction of sp³-hybridized carbons (Fsp3) is 0.846. The van der Waals surface area contributed by atoms with Gasteiger partial charge >= 0.3 is 0 Å². The molecular weight excluding hydrogens is 214 g/mol. The van der Waals surface area contributed by atoms with Crippen molar-refractivity contribution in [2.24, 2.45) is 5.73 Å². The zero-order valence-electron chi connectivity index (χ0n) is 10.9. The van der Waals surface area contributed by atoms with Crippen molar-refractivity contribution in [1.82, 2.24) is 10.1 Å². The van der Waals surface area contributed by atoms with Crippen LogP contribution in [0.1, 0.15) is 75.9 Å². The van der Waals surface area contributed by atoms with Crippen LogP contribution in [0.25, 0.3) is 0 Å². The van der Waals surface area contributed by atoms with E-state index in [1.807, 2.05) is 13.8 Å². The molecule has 0 bridgehead atoms. The Morgan fingerprint density at radius 3 is 2.41 bits per heavy atom. The molecule has 0 aromatic carbocycles. The lowest BCUT2D eigenvalue weighted by Crippen LogP contribution is -2.22. The summed E-state index contributed by atoms with van der Waals surface area (Å²) < 4.78 is 5.34. The number of aromatic nitrogens is 2. The first kappa shape index (κ1) is 12.6. The molecular formula is C13H23N3O. The van der Waals surface area contributed by atoms with Crippen molar-refractivity contribution >= 4 is 0 Å². The fourth-order valence-electron chi connectivity index (χ4n) is 2.36. The summed E-state index contributed by atoms with van der Waals surface area (Å²) >= 11 is 0. The van der Waals surface area contributed by atoms with Gasteiger partial charge in [0, 0.05) is 12.0 Å². The van der Waals surface area contributed by atoms with Crippen LogP contribution in [0.15, 0.2) is 4.52 Å². The lowest BCUT2D eigenvalue weighted by molar-refractivity contribution is 0.339. The Bertz CT molecular complexity index is 340. The average Bonchev–Trinajstić information content (AvgIpc) is 2.64. The number of nitrogens with two attached hydrogens (primary N) is 1. The molecule has 1 aliphatic carbocycles. The van der Waals surface area contributed by atoms with Crippen molar-refractivity contribution in [2.75, 3.05) is 0 Å². The van der Waals surface area contributed by atoms with Gasteiger partial charge in [-0.15, -0.1) is 0 Å². The van der Waals surface area contributed by atoms with E-state index in [0.717, 1.165) is 5.82 Å². The van der Waals surface area contributed by atoms with Gasteiger partial charge in [-0.2, -0.15) is 4.98 Å². The first-order valence-electron chi connectivity index (χ1n) is 6.77. The Labute approximate surface area is 103 Å². The smallest absolute Gasteiger partial charge is 0.231 e. The van der Waals surface area contributed by atoms with Crippen molar-refractivity contribution < 1.29 is 4.52 Å². The lowest BCUT2D eigenvalue weighted by Gasteiger charge is -2.10. The summed E-state index contributed by atoms with van der Waals surface area (Å²) in [5.41, 5.74) is 5.85. The zero-order chi connectivity index (χ0) is 12.3. The van der Waals surface area contributed by atoms with Crippen LogP contribution in [-0.4, -0.2) is 16.2 Å². The molecule has 1 fully saturated rings. The largest absolute Gasteiger partial charge is 0.339 e. The van der Waals surface area contributed by atoms with Gasteiger partial charge in [0.1, 0.15) is 0 Å². The maximum absolute atomic E-state index is 5.85. The first-order valence-corrected chi connectivity index (χ1v) is 6.77. The van der Waals surface area contributed by atoms with Crippen molar-refractivity contribution in [3.05, 3.63) is 11.7 Å². The predicted octanol–water partition coefficient (Wildman–Crippen LogP) is 2.96. The zero-order valence-corrected chi connectivity index (χ0v) is 10.9. The Balaban J connectivity index is 2.06. The van der Waals surface area contributed by atoms with Gasteiger partial charge in [-0.05, 0) is 19.8 Å². The summed E-state index contributed by atoms with van der Waals surface area (Å²) in [5.74, 6) is 2.23. The number of nitrogens with zero attached hydrogens (tertiary/aromatic N) is 2. The molecule has 2 rings (SSSR count). The van der Waals surface area contributed by atoms with Gasteiger partial charge in [-0.25, -0.2) is 0 Å². The second kappa shape index (κ2) is 5.63. The van der Waals surface area contributed by atoms with E-state index in [1.165, 1.54) is 38.5 Å². The summed E-state index contributed by atoms with van der Waals surface area (Å²) in [6.07, 6.45) is 7.67. The van der Waals surface area contributed by atoms with Crippen molar-refractivity contribution in [3.8, 4) is 0 Å². The van der Waals surface area contributed by atoms with E-state index in [0.29, 0.717) is 11.8 Å². The molecule has 2 unspecified atom stereocenters. The lowest BCUT2D eigenvalue weighted by atomic mass is 9.99. The summed E-state index contributed by atoms with van der Waals surface area (Å²) in [6, 6.07) is 0.0532. The van der Waals surface area contributed by atoms with E-state index in [9.17, 15) is 0 Å². The molecule has 1 aromatic rings. The fourth-order valence-corrected chi connectivity index (χ4v) is 2.36. The van der Waals surface area contributed by atoms with Crippen LogP contribution in [0, 0.1) is 0 Å². The molecule has 1 aliphatic rings. The molecule has 2 atom stereocenters. The van der Waals surface area contributed by atoms with Gasteiger partial charge in [0.15, 0.2) is 5.82 Å². The maximum atomic E-state index is 5.85. The van der Waals surface area contributed by atoms with Crippen LogP contribution >= 0.6 is 0 Å². The van der Waals surface area contributed by atoms with Gasteiger partial charge < -0.3 is 10.3 Å². The van der Waals surface area contributed by atoms with Crippen molar-refractivity contribution in [3.63, 3.8) is 0 Å². The van der Waals surface area contributed by atoms with Crippen LogP contribution in [0.3, 0.4) is 0 Å². The second-order valence-corrected chi connectivity index (χ2v) is 5.33. The second-order valence-electron chi connectivity index (χ2n) is 5.33. The van der Waals surface area contributed by atoms with E-state index in [-0.39, 0.29) is 12.0 Å². The van der Waals surface area contributed by atoms with E-state index >= 15 is 0 Å². The molecule has 17 heavy (non-hydrogen) atoms. The quantitative estimate of drug-likeness (QED) is 0.821. The molecule has 0 saturated heterocycles. The first-order chi connectivity index (χ1) is 8.18. The van der Waals surface area contributed by atoms with E-state index in [4.69, 9.17) is 10.3 Å². The van der Waals surface area contributed by atoms with Crippen LogP contribution in [0.5, 0.6) is 0 Å². The molecule has 0 spiro atoms. The van der Waals surface area contributed by atoms with E-state index in [2.05, 4.69) is 10.1 Å². The average molecular weight is 237 g/mol. The van der Waals surface area contributed by atoms with Crippen LogP contribution in [0.2, 0.25) is 0 Å². The van der Waals surface area contributed by atoms with E-state index in [1.54, 1.807) is 0 Å². The monoisotopic (exact) mass is 237 g/mol. The molecule has 1 saturated carbocycles. The Kier molecular flexibility index (Phi) is 4.15. The summed E-state index contributed by atoms with van der Waals surface area (Å²) in [7, 11) is 0. The van der Waals surface area contributed by atoms with Crippen LogP contribution < -0.4 is 5.73 Å². The molecule has 0 radical (unpaired) electrons. The SMILES string of the molecule is CC(N)C(C)c1nc(C2CCCCCC2)no1. The van der Waals surface area contributed by atoms with Gasteiger partial charge in [-0.1, -0.05) is 37.8 Å². The van der Waals surface area contributed by atoms with Crippen molar-refractivity contribution in [2.45, 2.75) is 70.3 Å². The Morgan fingerprint density at radius 1 is 1.18 bits per heavy atom. The van der Waals surface area contributed by atoms with E-state index < -0.39 is 0 Å². The van der Waals surface area contributed by atoms with Gasteiger partial charge in [0.25, 0.3) is 0 Å². The minimum atomic E-state index is 0.0532. The predicted molar refractivity (Wildman–Crippen MR) is 66.8 cm³/mol. The van der Waals surface area contributed by atoms with Crippen LogP contribution in [-0.2, 0) is 0 Å².